The van der Waals surface area contributed by atoms with Crippen molar-refractivity contribution in [3.63, 3.8) is 0 Å². The molecule has 0 aliphatic rings. The Kier molecular flexibility index (Phi) is 4.66. The number of benzene rings is 1. The van der Waals surface area contributed by atoms with Gasteiger partial charge in [-0.3, -0.25) is 4.79 Å². The van der Waals surface area contributed by atoms with Crippen molar-refractivity contribution in [1.82, 2.24) is 9.97 Å². The number of thioether (sulfide) groups is 1. The molecule has 0 bridgehead atoms. The molecule has 5 rings (SSSR count). The van der Waals surface area contributed by atoms with Crippen molar-refractivity contribution in [2.45, 2.75) is 5.22 Å². The number of furan rings is 2. The number of nitrogens with one attached hydrogen (secondary N) is 1. The molecule has 0 radical (unpaired) electrons. The van der Waals surface area contributed by atoms with Crippen LogP contribution >= 0.6 is 23.1 Å². The van der Waals surface area contributed by atoms with Crippen LogP contribution in [0.2, 0.25) is 0 Å². The van der Waals surface area contributed by atoms with Crippen LogP contribution in [-0.4, -0.2) is 21.6 Å². The number of thiazole rings is 1. The van der Waals surface area contributed by atoms with Gasteiger partial charge < -0.3 is 18.6 Å². The van der Waals surface area contributed by atoms with E-state index in [4.69, 9.17) is 13.3 Å². The van der Waals surface area contributed by atoms with Crippen molar-refractivity contribution in [2.24, 2.45) is 0 Å². The monoisotopic (exact) mass is 423 g/mol. The summed E-state index contributed by atoms with van der Waals surface area (Å²) in [7, 11) is 0. The maximum absolute atomic E-state index is 12.4. The number of amides is 1. The van der Waals surface area contributed by atoms with Gasteiger partial charge in [-0.2, -0.15) is 0 Å². The predicted octanol–water partition coefficient (Wildman–Crippen LogP) is 5.54. The van der Waals surface area contributed by atoms with E-state index in [9.17, 15) is 4.79 Å². The first-order valence-electron chi connectivity index (χ1n) is 8.63. The molecule has 4 heterocycles. The van der Waals surface area contributed by atoms with E-state index in [1.165, 1.54) is 23.1 Å². The fraction of sp³-hybridized carbons (Fsp3) is 0.0500. The Balaban J connectivity index is 1.32. The summed E-state index contributed by atoms with van der Waals surface area (Å²) in [4.78, 5) is 22.1. The third-order valence-corrected chi connectivity index (χ3v) is 5.79. The standard InChI is InChI=1S/C20H13N3O4S2/c24-16(11-28-20-21-12-5-1-2-6-13(12)27-20)22-19-23-17(14-7-3-9-25-14)18(29-19)15-8-4-10-26-15/h1-10H,11H2,(H,22,23,24). The molecule has 0 aliphatic carbocycles. The summed E-state index contributed by atoms with van der Waals surface area (Å²) in [5, 5.41) is 3.74. The van der Waals surface area contributed by atoms with E-state index in [2.05, 4.69) is 15.3 Å². The molecule has 1 amide bonds. The number of hydrogen-bond acceptors (Lipinski definition) is 8. The first-order chi connectivity index (χ1) is 14.3. The fourth-order valence-corrected chi connectivity index (χ4v) is 4.32. The second-order valence-corrected chi connectivity index (χ2v) is 7.86. The van der Waals surface area contributed by atoms with E-state index in [0.717, 1.165) is 10.4 Å². The van der Waals surface area contributed by atoms with Gasteiger partial charge in [-0.05, 0) is 36.4 Å². The highest BCUT2D eigenvalue weighted by Crippen LogP contribution is 2.39. The van der Waals surface area contributed by atoms with Crippen molar-refractivity contribution < 1.29 is 18.0 Å². The maximum Gasteiger partial charge on any atom is 0.257 e. The average Bonchev–Trinajstić information content (AvgIpc) is 3.52. The molecule has 29 heavy (non-hydrogen) atoms. The molecule has 4 aromatic heterocycles. The number of aromatic nitrogens is 2. The highest BCUT2D eigenvalue weighted by Gasteiger charge is 2.20. The minimum absolute atomic E-state index is 0.151. The summed E-state index contributed by atoms with van der Waals surface area (Å²) < 4.78 is 16.6. The summed E-state index contributed by atoms with van der Waals surface area (Å²) in [6.07, 6.45) is 3.17. The summed E-state index contributed by atoms with van der Waals surface area (Å²) in [6.45, 7) is 0. The first kappa shape index (κ1) is 17.8. The van der Waals surface area contributed by atoms with Gasteiger partial charge in [0.1, 0.15) is 21.8 Å². The summed E-state index contributed by atoms with van der Waals surface area (Å²) in [5.74, 6) is 1.21. The molecule has 0 saturated carbocycles. The van der Waals surface area contributed by atoms with Gasteiger partial charge in [0, 0.05) is 0 Å². The molecule has 9 heteroatoms. The number of oxazole rings is 1. The van der Waals surface area contributed by atoms with Crippen LogP contribution in [0, 0.1) is 0 Å². The van der Waals surface area contributed by atoms with Crippen LogP contribution in [-0.2, 0) is 4.79 Å². The zero-order chi connectivity index (χ0) is 19.6. The van der Waals surface area contributed by atoms with Crippen LogP contribution < -0.4 is 5.32 Å². The number of anilines is 1. The van der Waals surface area contributed by atoms with E-state index in [1.54, 1.807) is 24.7 Å². The predicted molar refractivity (Wildman–Crippen MR) is 111 cm³/mol. The van der Waals surface area contributed by atoms with Gasteiger partial charge in [-0.25, -0.2) is 9.97 Å². The smallest absolute Gasteiger partial charge is 0.257 e. The van der Waals surface area contributed by atoms with E-state index in [1.807, 2.05) is 36.4 Å². The molecule has 1 N–H and O–H groups in total. The lowest BCUT2D eigenvalue weighted by Gasteiger charge is -1.98. The van der Waals surface area contributed by atoms with E-state index in [-0.39, 0.29) is 11.7 Å². The fourth-order valence-electron chi connectivity index (χ4n) is 2.72. The minimum Gasteiger partial charge on any atom is -0.463 e. The maximum atomic E-state index is 12.4. The zero-order valence-electron chi connectivity index (χ0n) is 14.8. The van der Waals surface area contributed by atoms with Crippen LogP contribution in [0.25, 0.3) is 33.2 Å². The zero-order valence-corrected chi connectivity index (χ0v) is 16.5. The normalized spacial score (nSPS) is 11.2. The van der Waals surface area contributed by atoms with Gasteiger partial charge in [-0.15, -0.1) is 0 Å². The second-order valence-electron chi connectivity index (χ2n) is 5.94. The molecule has 144 valence electrons. The number of hydrogen-bond donors (Lipinski definition) is 1. The van der Waals surface area contributed by atoms with E-state index in [0.29, 0.717) is 33.2 Å². The number of rotatable bonds is 6. The molecular formula is C20H13N3O4S2. The Morgan fingerprint density at radius 1 is 1.00 bits per heavy atom. The van der Waals surface area contributed by atoms with Crippen molar-refractivity contribution in [1.29, 1.82) is 0 Å². The van der Waals surface area contributed by atoms with Crippen LogP contribution in [0.5, 0.6) is 0 Å². The molecule has 0 saturated heterocycles. The van der Waals surface area contributed by atoms with Crippen LogP contribution in [0.15, 0.2) is 79.5 Å². The minimum atomic E-state index is -0.206. The summed E-state index contributed by atoms with van der Waals surface area (Å²) in [6, 6.07) is 14.7. The van der Waals surface area contributed by atoms with Crippen LogP contribution in [0.1, 0.15) is 0 Å². The highest BCUT2D eigenvalue weighted by molar-refractivity contribution is 7.99. The molecule has 5 aromatic rings. The van der Waals surface area contributed by atoms with Gasteiger partial charge >= 0.3 is 0 Å². The van der Waals surface area contributed by atoms with Crippen molar-refractivity contribution >= 4 is 45.2 Å². The number of nitrogens with zero attached hydrogens (tertiary/aromatic N) is 2. The Bertz CT molecular complexity index is 1170. The quantitative estimate of drug-likeness (QED) is 0.359. The Morgan fingerprint density at radius 2 is 1.79 bits per heavy atom. The molecule has 0 unspecified atom stereocenters. The van der Waals surface area contributed by atoms with Crippen molar-refractivity contribution in [2.75, 3.05) is 11.1 Å². The average molecular weight is 423 g/mol. The molecular weight excluding hydrogens is 410 g/mol. The topological polar surface area (TPSA) is 94.3 Å². The molecule has 0 spiro atoms. The van der Waals surface area contributed by atoms with Crippen LogP contribution in [0.4, 0.5) is 5.13 Å². The SMILES string of the molecule is O=C(CSc1nc2ccccc2o1)Nc1nc(-c2ccco2)c(-c2ccco2)s1. The van der Waals surface area contributed by atoms with Gasteiger partial charge in [0.25, 0.3) is 5.22 Å². The first-order valence-corrected chi connectivity index (χ1v) is 10.4. The largest absolute Gasteiger partial charge is 0.463 e. The lowest BCUT2D eigenvalue weighted by atomic mass is 10.2. The Labute approximate surface area is 172 Å². The number of para-hydroxylation sites is 2. The molecule has 7 nitrogen and oxygen atoms in total. The van der Waals surface area contributed by atoms with Gasteiger partial charge in [-0.1, -0.05) is 35.2 Å². The highest BCUT2D eigenvalue weighted by atomic mass is 32.2. The molecule has 1 aromatic carbocycles. The third kappa shape index (κ3) is 3.69. The Morgan fingerprint density at radius 3 is 2.55 bits per heavy atom. The molecule has 0 aliphatic heterocycles. The summed E-state index contributed by atoms with van der Waals surface area (Å²) >= 11 is 2.55. The van der Waals surface area contributed by atoms with Gasteiger partial charge in [0.05, 0.1) is 18.3 Å². The van der Waals surface area contributed by atoms with Crippen LogP contribution in [0.3, 0.4) is 0 Å². The second kappa shape index (κ2) is 7.61. The summed E-state index contributed by atoms with van der Waals surface area (Å²) in [5.41, 5.74) is 2.08. The van der Waals surface area contributed by atoms with Gasteiger partial charge in [0.15, 0.2) is 16.5 Å². The molecule has 0 atom stereocenters. The van der Waals surface area contributed by atoms with E-state index < -0.39 is 0 Å². The lowest BCUT2D eigenvalue weighted by Crippen LogP contribution is -2.13. The molecule has 0 fully saturated rings. The van der Waals surface area contributed by atoms with E-state index >= 15 is 0 Å². The number of fused-ring (bicyclic) bond motifs is 1. The number of carbonyl (C=O) groups is 1. The lowest BCUT2D eigenvalue weighted by molar-refractivity contribution is -0.113. The van der Waals surface area contributed by atoms with Gasteiger partial charge in [0.2, 0.25) is 5.91 Å². The van der Waals surface area contributed by atoms with Crippen molar-refractivity contribution in [3.05, 3.63) is 61.1 Å². The number of carbonyl (C=O) groups excluding carboxylic acids is 1. The Hall–Kier alpha value is -3.30. The van der Waals surface area contributed by atoms with Crippen molar-refractivity contribution in [3.8, 4) is 22.1 Å². The third-order valence-electron chi connectivity index (χ3n) is 3.97.